The molecular formula is C14H25N. The first-order valence-corrected chi connectivity index (χ1v) is 6.28. The lowest BCUT2D eigenvalue weighted by Crippen LogP contribution is -2.22. The van der Waals surface area contributed by atoms with E-state index in [1.807, 2.05) is 13.8 Å². The molecule has 1 nitrogen and oxygen atoms in total. The van der Waals surface area contributed by atoms with Crippen LogP contribution in [0.25, 0.3) is 0 Å². The third-order valence-corrected chi connectivity index (χ3v) is 3.37. The second kappa shape index (κ2) is 5.50. The summed E-state index contributed by atoms with van der Waals surface area (Å²) in [5.74, 6) is 1.79. The van der Waals surface area contributed by atoms with Crippen LogP contribution in [0.5, 0.6) is 0 Å². The van der Waals surface area contributed by atoms with Gasteiger partial charge in [0.1, 0.15) is 0 Å². The SMILES string of the molecule is CC.CCN(C)CC1=C(C)C=CC2CC12. The van der Waals surface area contributed by atoms with Crippen molar-refractivity contribution in [3.8, 4) is 0 Å². The monoisotopic (exact) mass is 207 g/mol. The molecule has 86 valence electrons. The highest BCUT2D eigenvalue weighted by Crippen LogP contribution is 2.49. The minimum Gasteiger partial charge on any atom is -0.303 e. The molecule has 0 spiro atoms. The predicted molar refractivity (Wildman–Crippen MR) is 68.0 cm³/mol. The molecule has 0 amide bonds. The van der Waals surface area contributed by atoms with Gasteiger partial charge < -0.3 is 4.90 Å². The normalized spacial score (nSPS) is 27.3. The lowest BCUT2D eigenvalue weighted by atomic mass is 9.98. The first kappa shape index (κ1) is 12.5. The maximum atomic E-state index is 2.40. The van der Waals surface area contributed by atoms with Gasteiger partial charge in [-0.05, 0) is 44.3 Å². The quantitative estimate of drug-likeness (QED) is 0.685. The van der Waals surface area contributed by atoms with Gasteiger partial charge in [0.25, 0.3) is 0 Å². The molecule has 2 atom stereocenters. The van der Waals surface area contributed by atoms with E-state index in [2.05, 4.69) is 37.9 Å². The average Bonchev–Trinajstić information content (AvgIpc) is 3.04. The molecule has 0 heterocycles. The zero-order valence-corrected chi connectivity index (χ0v) is 10.9. The van der Waals surface area contributed by atoms with Crippen molar-refractivity contribution in [2.24, 2.45) is 11.8 Å². The first-order valence-electron chi connectivity index (χ1n) is 6.28. The number of hydrogen-bond acceptors (Lipinski definition) is 1. The fraction of sp³-hybridized carbons (Fsp3) is 0.714. The van der Waals surface area contributed by atoms with E-state index in [1.54, 1.807) is 5.57 Å². The molecule has 0 N–H and O–H groups in total. The third kappa shape index (κ3) is 2.94. The molecule has 0 saturated heterocycles. The molecule has 1 heteroatoms. The molecule has 0 radical (unpaired) electrons. The second-order valence-electron chi connectivity index (χ2n) is 4.40. The highest BCUT2D eigenvalue weighted by Gasteiger charge is 2.40. The van der Waals surface area contributed by atoms with Gasteiger partial charge in [-0.1, -0.05) is 38.5 Å². The minimum atomic E-state index is 0.893. The second-order valence-corrected chi connectivity index (χ2v) is 4.40. The van der Waals surface area contributed by atoms with Crippen LogP contribution >= 0.6 is 0 Å². The Labute approximate surface area is 94.9 Å². The summed E-state index contributed by atoms with van der Waals surface area (Å²) in [4.78, 5) is 2.40. The van der Waals surface area contributed by atoms with Gasteiger partial charge in [-0.3, -0.25) is 0 Å². The lowest BCUT2D eigenvalue weighted by molar-refractivity contribution is 0.375. The van der Waals surface area contributed by atoms with Crippen LogP contribution in [0.15, 0.2) is 23.3 Å². The molecule has 0 aromatic carbocycles. The van der Waals surface area contributed by atoms with E-state index in [0.29, 0.717) is 0 Å². The van der Waals surface area contributed by atoms with Crippen LogP contribution in [0, 0.1) is 11.8 Å². The van der Waals surface area contributed by atoms with Gasteiger partial charge in [0.15, 0.2) is 0 Å². The molecule has 15 heavy (non-hydrogen) atoms. The number of allylic oxidation sites excluding steroid dienone is 3. The summed E-state index contributed by atoms with van der Waals surface area (Å²) in [7, 11) is 2.20. The Kier molecular flexibility index (Phi) is 4.59. The maximum absolute atomic E-state index is 2.40. The van der Waals surface area contributed by atoms with Crippen LogP contribution in [0.4, 0.5) is 0 Å². The molecule has 1 saturated carbocycles. The van der Waals surface area contributed by atoms with Crippen molar-refractivity contribution in [1.29, 1.82) is 0 Å². The molecule has 2 aliphatic rings. The van der Waals surface area contributed by atoms with E-state index >= 15 is 0 Å². The van der Waals surface area contributed by atoms with Gasteiger partial charge in [0.05, 0.1) is 0 Å². The standard InChI is InChI=1S/C12H19N.C2H6/c1-4-13(3)8-12-9(2)5-6-10-7-11(10)12;1-2/h5-6,10-11H,4,7-8H2,1-3H3;1-2H3. The van der Waals surface area contributed by atoms with Crippen LogP contribution in [0.2, 0.25) is 0 Å². The highest BCUT2D eigenvalue weighted by molar-refractivity contribution is 5.37. The summed E-state index contributed by atoms with van der Waals surface area (Å²) in [5, 5.41) is 0. The molecule has 0 aromatic rings. The zero-order valence-electron chi connectivity index (χ0n) is 10.9. The van der Waals surface area contributed by atoms with Gasteiger partial charge in [-0.15, -0.1) is 0 Å². The Hall–Kier alpha value is -0.560. The molecule has 0 bridgehead atoms. The molecule has 0 aromatic heterocycles. The summed E-state index contributed by atoms with van der Waals surface area (Å²) in [5.41, 5.74) is 3.20. The van der Waals surface area contributed by atoms with Crippen molar-refractivity contribution in [3.63, 3.8) is 0 Å². The Morgan fingerprint density at radius 3 is 2.67 bits per heavy atom. The summed E-state index contributed by atoms with van der Waals surface area (Å²) in [6.07, 6.45) is 6.10. The van der Waals surface area contributed by atoms with Crippen molar-refractivity contribution in [2.75, 3.05) is 20.1 Å². The molecular weight excluding hydrogens is 182 g/mol. The molecule has 2 unspecified atom stereocenters. The van der Waals surface area contributed by atoms with Gasteiger partial charge >= 0.3 is 0 Å². The smallest absolute Gasteiger partial charge is 0.0198 e. The zero-order chi connectivity index (χ0) is 11.4. The summed E-state index contributed by atoms with van der Waals surface area (Å²) in [6.45, 7) is 10.8. The van der Waals surface area contributed by atoms with Crippen LogP contribution in [0.1, 0.15) is 34.1 Å². The van der Waals surface area contributed by atoms with Crippen LogP contribution in [-0.4, -0.2) is 25.0 Å². The largest absolute Gasteiger partial charge is 0.303 e. The van der Waals surface area contributed by atoms with E-state index in [9.17, 15) is 0 Å². The Bertz CT molecular complexity index is 263. The van der Waals surface area contributed by atoms with Crippen molar-refractivity contribution in [3.05, 3.63) is 23.3 Å². The van der Waals surface area contributed by atoms with E-state index < -0.39 is 0 Å². The number of rotatable bonds is 3. The van der Waals surface area contributed by atoms with E-state index in [4.69, 9.17) is 0 Å². The number of hydrogen-bond donors (Lipinski definition) is 0. The summed E-state index contributed by atoms with van der Waals surface area (Å²) < 4.78 is 0. The van der Waals surface area contributed by atoms with E-state index in [-0.39, 0.29) is 0 Å². The Morgan fingerprint density at radius 2 is 2.07 bits per heavy atom. The molecule has 2 rings (SSSR count). The van der Waals surface area contributed by atoms with Crippen molar-refractivity contribution in [1.82, 2.24) is 4.90 Å². The average molecular weight is 207 g/mol. The van der Waals surface area contributed by atoms with E-state index in [0.717, 1.165) is 18.4 Å². The van der Waals surface area contributed by atoms with Crippen LogP contribution < -0.4 is 0 Å². The fourth-order valence-electron chi connectivity index (χ4n) is 2.14. The molecule has 0 aliphatic heterocycles. The predicted octanol–water partition coefficient (Wildman–Crippen LogP) is 3.49. The lowest BCUT2D eigenvalue weighted by Gasteiger charge is -2.19. The Balaban J connectivity index is 0.000000531. The topological polar surface area (TPSA) is 3.24 Å². The summed E-state index contributed by atoms with van der Waals surface area (Å²) >= 11 is 0. The van der Waals surface area contributed by atoms with Gasteiger partial charge in [-0.25, -0.2) is 0 Å². The number of likely N-dealkylation sites (N-methyl/N-ethyl adjacent to an activating group) is 1. The Morgan fingerprint density at radius 1 is 1.40 bits per heavy atom. The number of nitrogens with zero attached hydrogens (tertiary/aromatic N) is 1. The molecule has 2 aliphatic carbocycles. The first-order chi connectivity index (χ1) is 7.22. The fourth-order valence-corrected chi connectivity index (χ4v) is 2.14. The van der Waals surface area contributed by atoms with Crippen molar-refractivity contribution >= 4 is 0 Å². The van der Waals surface area contributed by atoms with Gasteiger partial charge in [0, 0.05) is 6.54 Å². The number of fused-ring (bicyclic) bond motifs is 1. The van der Waals surface area contributed by atoms with Crippen molar-refractivity contribution < 1.29 is 0 Å². The van der Waals surface area contributed by atoms with Crippen LogP contribution in [-0.2, 0) is 0 Å². The minimum absolute atomic E-state index is 0.893. The van der Waals surface area contributed by atoms with Gasteiger partial charge in [0.2, 0.25) is 0 Å². The van der Waals surface area contributed by atoms with Crippen molar-refractivity contribution in [2.45, 2.75) is 34.1 Å². The molecule has 1 fully saturated rings. The van der Waals surface area contributed by atoms with Gasteiger partial charge in [-0.2, -0.15) is 0 Å². The summed E-state index contributed by atoms with van der Waals surface area (Å²) in [6, 6.07) is 0. The maximum Gasteiger partial charge on any atom is 0.0198 e. The van der Waals surface area contributed by atoms with E-state index in [1.165, 1.54) is 18.5 Å². The highest BCUT2D eigenvalue weighted by atomic mass is 15.1. The van der Waals surface area contributed by atoms with Crippen LogP contribution in [0.3, 0.4) is 0 Å². The third-order valence-electron chi connectivity index (χ3n) is 3.37.